The molecule has 3 heteroatoms. The van der Waals surface area contributed by atoms with Crippen LogP contribution in [0.2, 0.25) is 0 Å². The van der Waals surface area contributed by atoms with Crippen molar-refractivity contribution in [1.82, 2.24) is 4.57 Å². The van der Waals surface area contributed by atoms with E-state index in [2.05, 4.69) is 6.07 Å². The van der Waals surface area contributed by atoms with Gasteiger partial charge in [0.1, 0.15) is 12.3 Å². The van der Waals surface area contributed by atoms with E-state index in [1.54, 1.807) is 7.11 Å². The zero-order valence-electron chi connectivity index (χ0n) is 7.90. The second-order valence-corrected chi connectivity index (χ2v) is 3.00. The zero-order chi connectivity index (χ0) is 9.97. The molecule has 0 aliphatic rings. The van der Waals surface area contributed by atoms with E-state index in [9.17, 15) is 0 Å². The quantitative estimate of drug-likeness (QED) is 0.720. The molecule has 0 fully saturated rings. The lowest BCUT2D eigenvalue weighted by Gasteiger charge is -2.05. The van der Waals surface area contributed by atoms with E-state index in [0.717, 1.165) is 16.7 Å². The molecule has 0 aliphatic heterocycles. The van der Waals surface area contributed by atoms with Gasteiger partial charge in [-0.1, -0.05) is 12.1 Å². The first kappa shape index (κ1) is 8.64. The van der Waals surface area contributed by atoms with Gasteiger partial charge in [0.15, 0.2) is 0 Å². The van der Waals surface area contributed by atoms with Crippen LogP contribution in [0.25, 0.3) is 10.9 Å². The average Bonchev–Trinajstić information content (AvgIpc) is 2.62. The van der Waals surface area contributed by atoms with Crippen molar-refractivity contribution in [2.24, 2.45) is 0 Å². The minimum Gasteiger partial charge on any atom is -0.495 e. The predicted molar refractivity (Wildman–Crippen MR) is 54.1 cm³/mol. The van der Waals surface area contributed by atoms with Gasteiger partial charge in [0.25, 0.3) is 0 Å². The summed E-state index contributed by atoms with van der Waals surface area (Å²) in [6, 6.07) is 9.95. The molecular formula is C11H10N2O. The summed E-state index contributed by atoms with van der Waals surface area (Å²) in [7, 11) is 1.64. The third-order valence-corrected chi connectivity index (χ3v) is 2.21. The van der Waals surface area contributed by atoms with Crippen LogP contribution in [0.5, 0.6) is 5.75 Å². The van der Waals surface area contributed by atoms with E-state index in [4.69, 9.17) is 10.00 Å². The molecule has 1 aromatic heterocycles. The van der Waals surface area contributed by atoms with E-state index >= 15 is 0 Å². The first-order valence-electron chi connectivity index (χ1n) is 4.35. The van der Waals surface area contributed by atoms with E-state index in [-0.39, 0.29) is 0 Å². The van der Waals surface area contributed by atoms with Crippen LogP contribution in [-0.4, -0.2) is 11.7 Å². The maximum Gasteiger partial charge on any atom is 0.143 e. The Balaban J connectivity index is 2.69. The fourth-order valence-electron chi connectivity index (χ4n) is 1.60. The third-order valence-electron chi connectivity index (χ3n) is 2.21. The molecular weight excluding hydrogens is 176 g/mol. The summed E-state index contributed by atoms with van der Waals surface area (Å²) in [5.41, 5.74) is 0.983. The van der Waals surface area contributed by atoms with Gasteiger partial charge in [0, 0.05) is 11.6 Å². The Morgan fingerprint density at radius 3 is 3.00 bits per heavy atom. The van der Waals surface area contributed by atoms with Crippen LogP contribution in [0.15, 0.2) is 30.5 Å². The largest absolute Gasteiger partial charge is 0.495 e. The molecule has 0 aliphatic carbocycles. The Hall–Kier alpha value is -1.95. The summed E-state index contributed by atoms with van der Waals surface area (Å²) in [4.78, 5) is 0. The number of nitrogens with zero attached hydrogens (tertiary/aromatic N) is 2. The summed E-state index contributed by atoms with van der Waals surface area (Å²) in [5, 5.41) is 9.75. The molecule has 0 atom stereocenters. The van der Waals surface area contributed by atoms with Gasteiger partial charge in [-0.25, -0.2) is 0 Å². The molecule has 0 radical (unpaired) electrons. The number of nitriles is 1. The van der Waals surface area contributed by atoms with Gasteiger partial charge in [-0.05, 0) is 12.1 Å². The standard InChI is InChI=1S/C11H10N2O/c1-14-10-4-2-3-9-5-7-13(8-6-12)11(9)10/h2-5,7H,8H2,1H3. The van der Waals surface area contributed by atoms with Crippen molar-refractivity contribution in [2.75, 3.05) is 7.11 Å². The number of rotatable bonds is 2. The fraction of sp³-hybridized carbons (Fsp3) is 0.182. The van der Waals surface area contributed by atoms with Crippen molar-refractivity contribution in [3.05, 3.63) is 30.5 Å². The van der Waals surface area contributed by atoms with Gasteiger partial charge in [-0.2, -0.15) is 5.26 Å². The monoisotopic (exact) mass is 186 g/mol. The molecule has 14 heavy (non-hydrogen) atoms. The highest BCUT2D eigenvalue weighted by molar-refractivity contribution is 5.86. The maximum absolute atomic E-state index is 8.65. The van der Waals surface area contributed by atoms with E-state index in [0.29, 0.717) is 6.54 Å². The van der Waals surface area contributed by atoms with Gasteiger partial charge in [0.05, 0.1) is 18.7 Å². The van der Waals surface area contributed by atoms with Gasteiger partial charge >= 0.3 is 0 Å². The van der Waals surface area contributed by atoms with E-state index in [1.165, 1.54) is 0 Å². The molecule has 0 saturated heterocycles. The number of benzene rings is 1. The maximum atomic E-state index is 8.65. The highest BCUT2D eigenvalue weighted by Gasteiger charge is 2.05. The zero-order valence-corrected chi connectivity index (χ0v) is 7.90. The molecule has 1 aromatic carbocycles. The molecule has 2 aromatic rings. The minimum absolute atomic E-state index is 0.351. The molecule has 3 nitrogen and oxygen atoms in total. The van der Waals surface area contributed by atoms with Crippen molar-refractivity contribution < 1.29 is 4.74 Å². The predicted octanol–water partition coefficient (Wildman–Crippen LogP) is 2.17. The smallest absolute Gasteiger partial charge is 0.143 e. The Labute approximate surface area is 82.1 Å². The number of para-hydroxylation sites is 1. The van der Waals surface area contributed by atoms with Crippen molar-refractivity contribution >= 4 is 10.9 Å². The molecule has 1 heterocycles. The van der Waals surface area contributed by atoms with Crippen molar-refractivity contribution in [3.63, 3.8) is 0 Å². The van der Waals surface area contributed by atoms with Crippen molar-refractivity contribution in [2.45, 2.75) is 6.54 Å². The van der Waals surface area contributed by atoms with Crippen LogP contribution in [0, 0.1) is 11.3 Å². The average molecular weight is 186 g/mol. The number of ether oxygens (including phenoxy) is 1. The van der Waals surface area contributed by atoms with Crippen molar-refractivity contribution in [3.8, 4) is 11.8 Å². The Morgan fingerprint density at radius 1 is 1.43 bits per heavy atom. The summed E-state index contributed by atoms with van der Waals surface area (Å²) in [6.07, 6.45) is 1.90. The second kappa shape index (κ2) is 3.43. The molecule has 0 amide bonds. The molecule has 0 saturated carbocycles. The van der Waals surface area contributed by atoms with Gasteiger partial charge in [-0.3, -0.25) is 0 Å². The summed E-state index contributed by atoms with van der Waals surface area (Å²) >= 11 is 0. The van der Waals surface area contributed by atoms with Crippen LogP contribution >= 0.6 is 0 Å². The van der Waals surface area contributed by atoms with Gasteiger partial charge in [-0.15, -0.1) is 0 Å². The molecule has 70 valence electrons. The molecule has 0 unspecified atom stereocenters. The molecule has 0 spiro atoms. The molecule has 2 rings (SSSR count). The summed E-state index contributed by atoms with van der Waals surface area (Å²) in [6.45, 7) is 0.351. The van der Waals surface area contributed by atoms with Crippen molar-refractivity contribution in [1.29, 1.82) is 5.26 Å². The topological polar surface area (TPSA) is 38.0 Å². The first-order chi connectivity index (χ1) is 6.86. The van der Waals surface area contributed by atoms with Crippen LogP contribution in [0.1, 0.15) is 0 Å². The van der Waals surface area contributed by atoms with E-state index in [1.807, 2.05) is 35.0 Å². The normalized spacial score (nSPS) is 10.0. The third kappa shape index (κ3) is 1.21. The highest BCUT2D eigenvalue weighted by Crippen LogP contribution is 2.25. The number of hydrogen-bond acceptors (Lipinski definition) is 2. The minimum atomic E-state index is 0.351. The Morgan fingerprint density at radius 2 is 2.29 bits per heavy atom. The van der Waals surface area contributed by atoms with Crippen LogP contribution < -0.4 is 4.74 Å². The SMILES string of the molecule is COc1cccc2ccn(CC#N)c12. The van der Waals surface area contributed by atoms with Crippen LogP contribution in [-0.2, 0) is 6.54 Å². The van der Waals surface area contributed by atoms with Gasteiger partial charge in [0.2, 0.25) is 0 Å². The Bertz CT molecular complexity index is 493. The lowest BCUT2D eigenvalue weighted by atomic mass is 10.2. The second-order valence-electron chi connectivity index (χ2n) is 3.00. The molecule has 0 bridgehead atoms. The number of methoxy groups -OCH3 is 1. The fourth-order valence-corrected chi connectivity index (χ4v) is 1.60. The lowest BCUT2D eigenvalue weighted by molar-refractivity contribution is 0.417. The Kier molecular flexibility index (Phi) is 2.11. The summed E-state index contributed by atoms with van der Waals surface area (Å²) in [5.74, 6) is 0.808. The highest BCUT2D eigenvalue weighted by atomic mass is 16.5. The van der Waals surface area contributed by atoms with E-state index < -0.39 is 0 Å². The van der Waals surface area contributed by atoms with Gasteiger partial charge < -0.3 is 9.30 Å². The summed E-state index contributed by atoms with van der Waals surface area (Å²) < 4.78 is 7.13. The number of aromatic nitrogens is 1. The lowest BCUT2D eigenvalue weighted by Crippen LogP contribution is -1.95. The molecule has 0 N–H and O–H groups in total. The van der Waals surface area contributed by atoms with Crippen LogP contribution in [0.4, 0.5) is 0 Å². The first-order valence-corrected chi connectivity index (χ1v) is 4.35. The number of hydrogen-bond donors (Lipinski definition) is 0. The van der Waals surface area contributed by atoms with Crippen LogP contribution in [0.3, 0.4) is 0 Å². The number of fused-ring (bicyclic) bond motifs is 1.